The SMILES string of the molecule is CC(C)CCCC(C)C1CCC2C3CCC4CC(=O)/C(=C\O)CC4(C)C3CCC12C. The van der Waals surface area contributed by atoms with E-state index >= 15 is 0 Å². The maximum absolute atomic E-state index is 12.4. The van der Waals surface area contributed by atoms with Gasteiger partial charge in [0.1, 0.15) is 0 Å². The molecule has 4 fully saturated rings. The largest absolute Gasteiger partial charge is 0.515 e. The molecule has 1 N–H and O–H groups in total. The van der Waals surface area contributed by atoms with Crippen molar-refractivity contribution in [2.24, 2.45) is 52.3 Å². The second-order valence-electron chi connectivity index (χ2n) is 12.6. The fraction of sp³-hybridized carbons (Fsp3) is 0.893. The summed E-state index contributed by atoms with van der Waals surface area (Å²) in [7, 11) is 0. The van der Waals surface area contributed by atoms with E-state index in [0.717, 1.165) is 48.2 Å². The number of hydrogen-bond donors (Lipinski definition) is 1. The van der Waals surface area contributed by atoms with Crippen molar-refractivity contribution in [1.29, 1.82) is 0 Å². The Kier molecular flexibility index (Phi) is 6.19. The van der Waals surface area contributed by atoms with Crippen molar-refractivity contribution in [2.45, 2.75) is 105 Å². The van der Waals surface area contributed by atoms with Crippen LogP contribution in [0.4, 0.5) is 0 Å². The van der Waals surface area contributed by atoms with Gasteiger partial charge < -0.3 is 5.11 Å². The van der Waals surface area contributed by atoms with Gasteiger partial charge in [-0.15, -0.1) is 0 Å². The number of carbonyl (C=O) groups is 1. The van der Waals surface area contributed by atoms with Crippen LogP contribution >= 0.6 is 0 Å². The van der Waals surface area contributed by atoms with Gasteiger partial charge in [-0.25, -0.2) is 0 Å². The molecule has 8 unspecified atom stereocenters. The monoisotopic (exact) mass is 414 g/mol. The van der Waals surface area contributed by atoms with Crippen LogP contribution in [0.5, 0.6) is 0 Å². The molecule has 4 saturated carbocycles. The molecule has 2 heteroatoms. The van der Waals surface area contributed by atoms with E-state index in [-0.39, 0.29) is 11.2 Å². The standard InChI is InChI=1S/C28H46O2/c1-18(2)7-6-8-19(3)23-11-12-24-22-10-9-21-15-26(30)20(17-29)16-28(21,5)25(22)13-14-27(23,24)4/h17-19,21-25,29H,6-16H2,1-5H3/b20-17-. The average molecular weight is 415 g/mol. The lowest BCUT2D eigenvalue weighted by atomic mass is 9.44. The first kappa shape index (κ1) is 22.4. The summed E-state index contributed by atoms with van der Waals surface area (Å²) >= 11 is 0. The quantitative estimate of drug-likeness (QED) is 0.369. The van der Waals surface area contributed by atoms with Crippen LogP contribution in [0.25, 0.3) is 0 Å². The molecule has 4 aliphatic rings. The number of Topliss-reactive ketones (excluding diaryl/α,β-unsaturated/α-hetero) is 1. The van der Waals surface area contributed by atoms with E-state index in [4.69, 9.17) is 0 Å². The van der Waals surface area contributed by atoms with E-state index in [1.807, 2.05) is 0 Å². The Morgan fingerprint density at radius 2 is 1.73 bits per heavy atom. The number of aliphatic hydroxyl groups is 1. The first-order chi connectivity index (χ1) is 14.2. The zero-order chi connectivity index (χ0) is 21.7. The third-order valence-electron chi connectivity index (χ3n) is 10.8. The first-order valence-electron chi connectivity index (χ1n) is 13.1. The Bertz CT molecular complexity index is 678. The van der Waals surface area contributed by atoms with E-state index in [1.165, 1.54) is 57.8 Å². The lowest BCUT2D eigenvalue weighted by molar-refractivity contribution is -0.133. The van der Waals surface area contributed by atoms with Gasteiger partial charge in [0.15, 0.2) is 5.78 Å². The molecular formula is C28H46O2. The summed E-state index contributed by atoms with van der Waals surface area (Å²) in [5.74, 6) is 5.79. The van der Waals surface area contributed by atoms with E-state index in [2.05, 4.69) is 34.6 Å². The molecule has 0 aromatic rings. The number of rotatable bonds is 5. The smallest absolute Gasteiger partial charge is 0.162 e. The summed E-state index contributed by atoms with van der Waals surface area (Å²) in [4.78, 5) is 12.4. The second-order valence-corrected chi connectivity index (χ2v) is 12.6. The Hall–Kier alpha value is -0.790. The Morgan fingerprint density at radius 1 is 1.00 bits per heavy atom. The third-order valence-corrected chi connectivity index (χ3v) is 10.8. The molecule has 0 saturated heterocycles. The Balaban J connectivity index is 1.50. The minimum Gasteiger partial charge on any atom is -0.515 e. The summed E-state index contributed by atoms with van der Waals surface area (Å²) in [6, 6.07) is 0. The van der Waals surface area contributed by atoms with Crippen LogP contribution in [0.3, 0.4) is 0 Å². The number of carbonyl (C=O) groups excluding carboxylic acids is 1. The number of allylic oxidation sites excluding steroid dienone is 1. The van der Waals surface area contributed by atoms with Crippen molar-refractivity contribution < 1.29 is 9.90 Å². The molecule has 0 aliphatic heterocycles. The van der Waals surface area contributed by atoms with Gasteiger partial charge in [0.05, 0.1) is 6.26 Å². The predicted octanol–water partition coefficient (Wildman–Crippen LogP) is 7.73. The fourth-order valence-electron chi connectivity index (χ4n) is 9.15. The molecule has 0 heterocycles. The first-order valence-corrected chi connectivity index (χ1v) is 13.1. The summed E-state index contributed by atoms with van der Waals surface area (Å²) in [6.45, 7) is 12.4. The van der Waals surface area contributed by atoms with E-state index < -0.39 is 0 Å². The molecule has 0 radical (unpaired) electrons. The van der Waals surface area contributed by atoms with Crippen molar-refractivity contribution in [3.8, 4) is 0 Å². The van der Waals surface area contributed by atoms with Gasteiger partial charge in [0.25, 0.3) is 0 Å². The minimum atomic E-state index is 0.204. The zero-order valence-electron chi connectivity index (χ0n) is 20.3. The summed E-state index contributed by atoms with van der Waals surface area (Å²) < 4.78 is 0. The highest BCUT2D eigenvalue weighted by Crippen LogP contribution is 2.68. The second kappa shape index (κ2) is 8.28. The van der Waals surface area contributed by atoms with Crippen molar-refractivity contribution in [3.63, 3.8) is 0 Å². The van der Waals surface area contributed by atoms with Crippen LogP contribution in [0.2, 0.25) is 0 Å². The van der Waals surface area contributed by atoms with Crippen molar-refractivity contribution in [1.82, 2.24) is 0 Å². The lowest BCUT2D eigenvalue weighted by Gasteiger charge is -2.60. The molecular weight excluding hydrogens is 368 g/mol. The van der Waals surface area contributed by atoms with Gasteiger partial charge in [-0.3, -0.25) is 4.79 Å². The van der Waals surface area contributed by atoms with Gasteiger partial charge in [-0.1, -0.05) is 53.9 Å². The minimum absolute atomic E-state index is 0.204. The molecule has 30 heavy (non-hydrogen) atoms. The molecule has 4 rings (SSSR count). The van der Waals surface area contributed by atoms with E-state index in [9.17, 15) is 9.90 Å². The maximum atomic E-state index is 12.4. The van der Waals surface area contributed by atoms with Gasteiger partial charge in [-0.05, 0) is 97.2 Å². The Labute approximate surface area is 185 Å². The zero-order valence-corrected chi connectivity index (χ0v) is 20.3. The summed E-state index contributed by atoms with van der Waals surface area (Å²) in [6.07, 6.45) is 14.9. The molecule has 170 valence electrons. The third kappa shape index (κ3) is 3.58. The highest BCUT2D eigenvalue weighted by molar-refractivity contribution is 5.96. The van der Waals surface area contributed by atoms with Crippen LogP contribution in [-0.4, -0.2) is 10.9 Å². The maximum Gasteiger partial charge on any atom is 0.162 e. The summed E-state index contributed by atoms with van der Waals surface area (Å²) in [5.41, 5.74) is 1.45. The highest BCUT2D eigenvalue weighted by atomic mass is 16.2. The fourth-order valence-corrected chi connectivity index (χ4v) is 9.15. The topological polar surface area (TPSA) is 37.3 Å². The lowest BCUT2D eigenvalue weighted by Crippen LogP contribution is -2.54. The van der Waals surface area contributed by atoms with Crippen LogP contribution in [-0.2, 0) is 4.79 Å². The molecule has 8 atom stereocenters. The van der Waals surface area contributed by atoms with E-state index in [1.54, 1.807) is 0 Å². The molecule has 4 aliphatic carbocycles. The molecule has 0 spiro atoms. The molecule has 0 aromatic carbocycles. The van der Waals surface area contributed by atoms with Crippen LogP contribution in [0.15, 0.2) is 11.8 Å². The molecule has 0 amide bonds. The van der Waals surface area contributed by atoms with Gasteiger partial charge in [0.2, 0.25) is 0 Å². The van der Waals surface area contributed by atoms with Crippen LogP contribution < -0.4 is 0 Å². The average Bonchev–Trinajstić information content (AvgIpc) is 3.05. The van der Waals surface area contributed by atoms with Crippen molar-refractivity contribution in [3.05, 3.63) is 11.8 Å². The van der Waals surface area contributed by atoms with Gasteiger partial charge in [0, 0.05) is 12.0 Å². The van der Waals surface area contributed by atoms with Crippen LogP contribution in [0.1, 0.15) is 105 Å². The van der Waals surface area contributed by atoms with Crippen molar-refractivity contribution >= 4 is 5.78 Å². The summed E-state index contributed by atoms with van der Waals surface area (Å²) in [5, 5.41) is 9.67. The molecule has 2 nitrogen and oxygen atoms in total. The van der Waals surface area contributed by atoms with Gasteiger partial charge in [-0.2, -0.15) is 0 Å². The number of hydrogen-bond acceptors (Lipinski definition) is 2. The van der Waals surface area contributed by atoms with Crippen LogP contribution in [0, 0.1) is 52.3 Å². The normalized spacial score (nSPS) is 45.9. The number of ketones is 1. The molecule has 0 aromatic heterocycles. The molecule has 0 bridgehead atoms. The van der Waals surface area contributed by atoms with E-state index in [0.29, 0.717) is 23.3 Å². The number of fused-ring (bicyclic) bond motifs is 5. The highest BCUT2D eigenvalue weighted by Gasteiger charge is 2.61. The van der Waals surface area contributed by atoms with Crippen molar-refractivity contribution in [2.75, 3.05) is 0 Å². The number of aliphatic hydroxyl groups excluding tert-OH is 1. The predicted molar refractivity (Wildman–Crippen MR) is 124 cm³/mol. The van der Waals surface area contributed by atoms with Gasteiger partial charge >= 0.3 is 0 Å². The Morgan fingerprint density at radius 3 is 2.43 bits per heavy atom.